The lowest BCUT2D eigenvalue weighted by atomic mass is 9.80. The van der Waals surface area contributed by atoms with Crippen molar-refractivity contribution in [2.45, 2.75) is 51.9 Å². The number of halogens is 2. The van der Waals surface area contributed by atoms with Crippen LogP contribution in [0.4, 0.5) is 0 Å². The predicted molar refractivity (Wildman–Crippen MR) is 77.8 cm³/mol. The summed E-state index contributed by atoms with van der Waals surface area (Å²) in [4.78, 5) is 0. The van der Waals surface area contributed by atoms with Gasteiger partial charge in [-0.1, -0.05) is 71.9 Å². The molecule has 0 amide bonds. The number of benzene rings is 1. The molecule has 2 heteroatoms. The van der Waals surface area contributed by atoms with Gasteiger partial charge in [0, 0.05) is 15.0 Å². The lowest BCUT2D eigenvalue weighted by Gasteiger charge is -2.25. The van der Waals surface area contributed by atoms with Crippen LogP contribution < -0.4 is 0 Å². The van der Waals surface area contributed by atoms with E-state index in [1.54, 1.807) is 0 Å². The molecule has 1 aromatic rings. The van der Waals surface area contributed by atoms with Gasteiger partial charge in [0.1, 0.15) is 0 Å². The molecule has 0 aliphatic heterocycles. The van der Waals surface area contributed by atoms with Crippen LogP contribution in [0.1, 0.15) is 52.0 Å². The summed E-state index contributed by atoms with van der Waals surface area (Å²) in [5.74, 6) is 0. The molecule has 1 aromatic carbocycles. The van der Waals surface area contributed by atoms with E-state index in [2.05, 4.69) is 70.8 Å². The molecule has 0 fully saturated rings. The van der Waals surface area contributed by atoms with Crippen molar-refractivity contribution in [2.75, 3.05) is 0 Å². The zero-order chi connectivity index (χ0) is 12.2. The van der Waals surface area contributed by atoms with Gasteiger partial charge in [0.2, 0.25) is 0 Å². The lowest BCUT2D eigenvalue weighted by Crippen LogP contribution is -2.17. The quantitative estimate of drug-likeness (QED) is 0.585. The van der Waals surface area contributed by atoms with Crippen LogP contribution in [0.3, 0.4) is 0 Å². The van der Waals surface area contributed by atoms with Crippen LogP contribution >= 0.6 is 31.9 Å². The van der Waals surface area contributed by atoms with Crippen LogP contribution in [0.15, 0.2) is 21.1 Å². The van der Waals surface area contributed by atoms with Gasteiger partial charge in [-0.25, -0.2) is 0 Å². The fraction of sp³-hybridized carbons (Fsp3) is 0.571. The summed E-state index contributed by atoms with van der Waals surface area (Å²) >= 11 is 7.00. The molecule has 16 heavy (non-hydrogen) atoms. The van der Waals surface area contributed by atoms with Gasteiger partial charge in [0.05, 0.1) is 0 Å². The predicted octanol–water partition coefficient (Wildman–Crippen LogP) is 5.87. The highest BCUT2D eigenvalue weighted by atomic mass is 79.9. The number of unbranched alkanes of at least 4 members (excludes halogenated alkanes) is 2. The van der Waals surface area contributed by atoms with Crippen molar-refractivity contribution >= 4 is 31.9 Å². The molecule has 0 nitrogen and oxygen atoms in total. The summed E-state index contributed by atoms with van der Waals surface area (Å²) in [5.41, 5.74) is 1.62. The molecular formula is C14H19Br2. The van der Waals surface area contributed by atoms with Crippen LogP contribution in [0.5, 0.6) is 0 Å². The Hall–Kier alpha value is 0.180. The molecule has 0 heterocycles. The Morgan fingerprint density at radius 2 is 1.69 bits per heavy atom. The van der Waals surface area contributed by atoms with Gasteiger partial charge >= 0.3 is 0 Å². The maximum atomic E-state index is 3.50. The first-order valence-corrected chi connectivity index (χ1v) is 7.43. The van der Waals surface area contributed by atoms with E-state index >= 15 is 0 Å². The standard InChI is InChI=1S/C14H19Br2/c1-4-5-6-7-14(2,3)11-8-12(15)10-13(16)9-11/h8-9H,4-7H2,1-3H3. The van der Waals surface area contributed by atoms with Crippen molar-refractivity contribution in [1.82, 2.24) is 0 Å². The lowest BCUT2D eigenvalue weighted by molar-refractivity contribution is 0.450. The minimum Gasteiger partial charge on any atom is -0.0654 e. The van der Waals surface area contributed by atoms with Gasteiger partial charge in [0.25, 0.3) is 0 Å². The molecule has 0 aliphatic rings. The second-order valence-corrected chi connectivity index (χ2v) is 6.61. The van der Waals surface area contributed by atoms with Crippen LogP contribution in [0.2, 0.25) is 0 Å². The van der Waals surface area contributed by atoms with E-state index in [1.807, 2.05) is 0 Å². The molecule has 0 aliphatic carbocycles. The molecule has 1 rings (SSSR count). The smallest absolute Gasteiger partial charge is 0.0268 e. The molecule has 0 saturated heterocycles. The summed E-state index contributed by atoms with van der Waals surface area (Å²) in [7, 11) is 0. The fourth-order valence-electron chi connectivity index (χ4n) is 1.85. The van der Waals surface area contributed by atoms with Crippen molar-refractivity contribution < 1.29 is 0 Å². The molecule has 0 bridgehead atoms. The first kappa shape index (κ1) is 14.2. The van der Waals surface area contributed by atoms with E-state index in [0.29, 0.717) is 0 Å². The van der Waals surface area contributed by atoms with Gasteiger partial charge in [-0.05, 0) is 29.5 Å². The van der Waals surface area contributed by atoms with Crippen molar-refractivity contribution in [3.8, 4) is 0 Å². The minimum absolute atomic E-state index is 0.245. The Bertz CT molecular complexity index is 322. The molecule has 1 radical (unpaired) electrons. The minimum atomic E-state index is 0.245. The number of hydrogen-bond donors (Lipinski definition) is 0. The molecule has 0 saturated carbocycles. The molecular weight excluding hydrogens is 328 g/mol. The Balaban J connectivity index is 2.80. The normalized spacial score (nSPS) is 11.8. The summed E-state index contributed by atoms with van der Waals surface area (Å²) < 4.78 is 2.06. The van der Waals surface area contributed by atoms with Crippen LogP contribution in [0.25, 0.3) is 0 Å². The monoisotopic (exact) mass is 345 g/mol. The van der Waals surface area contributed by atoms with E-state index in [-0.39, 0.29) is 5.41 Å². The maximum absolute atomic E-state index is 3.50. The third kappa shape index (κ3) is 4.21. The van der Waals surface area contributed by atoms with Crippen molar-refractivity contribution in [1.29, 1.82) is 0 Å². The largest absolute Gasteiger partial charge is 0.0654 e. The molecule has 0 atom stereocenters. The van der Waals surface area contributed by atoms with Gasteiger partial charge in [-0.3, -0.25) is 0 Å². The van der Waals surface area contributed by atoms with Gasteiger partial charge in [0.15, 0.2) is 0 Å². The Kier molecular flexibility index (Phi) is 5.52. The third-order valence-corrected chi connectivity index (χ3v) is 3.84. The number of rotatable bonds is 5. The highest BCUT2D eigenvalue weighted by Crippen LogP contribution is 2.32. The SMILES string of the molecule is CCCCCC(C)(C)c1cc(Br)[c]c(Br)c1. The summed E-state index contributed by atoms with van der Waals surface area (Å²) in [6, 6.07) is 7.54. The third-order valence-electron chi connectivity index (χ3n) is 2.99. The molecule has 0 spiro atoms. The highest BCUT2D eigenvalue weighted by molar-refractivity contribution is 9.11. The average molecular weight is 347 g/mol. The number of hydrogen-bond acceptors (Lipinski definition) is 0. The Morgan fingerprint density at radius 1 is 1.12 bits per heavy atom. The van der Waals surface area contributed by atoms with E-state index < -0.39 is 0 Å². The summed E-state index contributed by atoms with van der Waals surface area (Å²) in [5, 5.41) is 0. The van der Waals surface area contributed by atoms with Crippen molar-refractivity contribution in [3.05, 3.63) is 32.7 Å². The highest BCUT2D eigenvalue weighted by Gasteiger charge is 2.20. The van der Waals surface area contributed by atoms with Gasteiger partial charge < -0.3 is 0 Å². The van der Waals surface area contributed by atoms with Crippen LogP contribution in [-0.2, 0) is 5.41 Å². The van der Waals surface area contributed by atoms with Crippen LogP contribution in [-0.4, -0.2) is 0 Å². The zero-order valence-corrected chi connectivity index (χ0v) is 13.4. The average Bonchev–Trinajstić information content (AvgIpc) is 2.16. The Labute approximate surface area is 116 Å². The van der Waals surface area contributed by atoms with Gasteiger partial charge in [-0.15, -0.1) is 0 Å². The second-order valence-electron chi connectivity index (χ2n) is 4.91. The van der Waals surface area contributed by atoms with Crippen molar-refractivity contribution in [2.24, 2.45) is 0 Å². The van der Waals surface area contributed by atoms with E-state index in [4.69, 9.17) is 0 Å². The van der Waals surface area contributed by atoms with Crippen LogP contribution in [0, 0.1) is 6.07 Å². The zero-order valence-electron chi connectivity index (χ0n) is 10.2. The Morgan fingerprint density at radius 3 is 2.19 bits per heavy atom. The van der Waals surface area contributed by atoms with Crippen molar-refractivity contribution in [3.63, 3.8) is 0 Å². The first-order valence-electron chi connectivity index (χ1n) is 5.84. The van der Waals surface area contributed by atoms with E-state index in [0.717, 1.165) is 8.95 Å². The summed E-state index contributed by atoms with van der Waals surface area (Å²) in [6.45, 7) is 6.88. The first-order chi connectivity index (χ1) is 7.45. The summed E-state index contributed by atoms with van der Waals surface area (Å²) in [6.07, 6.45) is 5.15. The molecule has 0 N–H and O–H groups in total. The molecule has 89 valence electrons. The maximum Gasteiger partial charge on any atom is 0.0268 e. The fourth-order valence-corrected chi connectivity index (χ4v) is 3.04. The van der Waals surface area contributed by atoms with Gasteiger partial charge in [-0.2, -0.15) is 0 Å². The second kappa shape index (κ2) is 6.20. The molecule has 0 aromatic heterocycles. The van der Waals surface area contributed by atoms with E-state index in [9.17, 15) is 0 Å². The van der Waals surface area contributed by atoms with E-state index in [1.165, 1.54) is 31.2 Å². The topological polar surface area (TPSA) is 0 Å². The molecule has 0 unspecified atom stereocenters.